The van der Waals surface area contributed by atoms with Crippen LogP contribution in [0, 0.1) is 0 Å². The van der Waals surface area contributed by atoms with E-state index >= 15 is 0 Å². The fraction of sp³-hybridized carbons (Fsp3) is 0.0909. The van der Waals surface area contributed by atoms with Crippen LogP contribution in [0.3, 0.4) is 0 Å². The van der Waals surface area contributed by atoms with Gasteiger partial charge in [0.2, 0.25) is 5.76 Å². The Hall–Kier alpha value is -3.78. The molecule has 0 atom stereocenters. The lowest BCUT2D eigenvalue weighted by molar-refractivity contribution is 0.0999. The first kappa shape index (κ1) is 19.5. The summed E-state index contributed by atoms with van der Waals surface area (Å²) in [5, 5.41) is 8.03. The number of thiophene rings is 1. The quantitative estimate of drug-likeness (QED) is 0.456. The molecule has 0 aliphatic rings. The number of furan rings is 1. The predicted octanol–water partition coefficient (Wildman–Crippen LogP) is 5.02. The highest BCUT2D eigenvalue weighted by atomic mass is 32.1. The molecule has 0 saturated heterocycles. The molecule has 4 aromatic rings. The van der Waals surface area contributed by atoms with Crippen LogP contribution in [0.5, 0.6) is 11.5 Å². The zero-order chi connectivity index (χ0) is 21.1. The maximum Gasteiger partial charge on any atom is 0.293 e. The molecule has 0 bridgehead atoms. The van der Waals surface area contributed by atoms with Crippen molar-refractivity contribution in [2.75, 3.05) is 24.9 Å². The minimum absolute atomic E-state index is 0.00835. The largest absolute Gasteiger partial charge is 0.497 e. The van der Waals surface area contributed by atoms with Crippen molar-refractivity contribution in [2.45, 2.75) is 0 Å². The third kappa shape index (κ3) is 3.72. The fourth-order valence-corrected chi connectivity index (χ4v) is 3.62. The van der Waals surface area contributed by atoms with Crippen LogP contribution >= 0.6 is 11.3 Å². The average Bonchev–Trinajstić information content (AvgIpc) is 3.42. The summed E-state index contributed by atoms with van der Waals surface area (Å²) in [6.45, 7) is 0. The number of para-hydroxylation sites is 1. The number of fused-ring (bicyclic) bond motifs is 1. The van der Waals surface area contributed by atoms with E-state index in [9.17, 15) is 9.59 Å². The van der Waals surface area contributed by atoms with Crippen LogP contribution in [-0.4, -0.2) is 26.0 Å². The summed E-state index contributed by atoms with van der Waals surface area (Å²) >= 11 is 1.31. The van der Waals surface area contributed by atoms with Crippen LogP contribution in [0.25, 0.3) is 11.0 Å². The highest BCUT2D eigenvalue weighted by Crippen LogP contribution is 2.34. The number of amides is 2. The molecule has 4 rings (SSSR count). The number of hydrogen-bond acceptors (Lipinski definition) is 6. The molecule has 2 amide bonds. The van der Waals surface area contributed by atoms with Gasteiger partial charge in [0.25, 0.3) is 11.8 Å². The zero-order valence-corrected chi connectivity index (χ0v) is 17.0. The van der Waals surface area contributed by atoms with Gasteiger partial charge >= 0.3 is 0 Å². The molecule has 2 aromatic heterocycles. The van der Waals surface area contributed by atoms with Gasteiger partial charge in [0.1, 0.15) is 22.8 Å². The van der Waals surface area contributed by atoms with E-state index in [0.717, 1.165) is 0 Å². The number of nitrogens with one attached hydrogen (secondary N) is 2. The van der Waals surface area contributed by atoms with E-state index in [-0.39, 0.29) is 11.7 Å². The van der Waals surface area contributed by atoms with E-state index in [1.165, 1.54) is 25.6 Å². The van der Waals surface area contributed by atoms with Crippen LogP contribution < -0.4 is 20.1 Å². The Balaban J connectivity index is 1.71. The smallest absolute Gasteiger partial charge is 0.293 e. The van der Waals surface area contributed by atoms with Gasteiger partial charge in [-0.1, -0.05) is 18.2 Å². The molecule has 2 heterocycles. The van der Waals surface area contributed by atoms with Gasteiger partial charge in [-0.3, -0.25) is 9.59 Å². The standard InChI is InChI=1S/C22H18N2O5S/c1-27-13-9-10-17(28-2)15(12-13)23-22(26)20-19(14-6-3-4-7-16(14)29-20)24-21(25)18-8-5-11-30-18/h3-12H,1-2H3,(H,23,26)(H,24,25). The van der Waals surface area contributed by atoms with Crippen LogP contribution in [0.1, 0.15) is 20.2 Å². The summed E-state index contributed by atoms with van der Waals surface area (Å²) in [6.07, 6.45) is 0. The summed E-state index contributed by atoms with van der Waals surface area (Å²) in [5.74, 6) is 0.168. The van der Waals surface area contributed by atoms with Crippen LogP contribution in [0.4, 0.5) is 11.4 Å². The molecule has 2 N–H and O–H groups in total. The van der Waals surface area contributed by atoms with E-state index < -0.39 is 5.91 Å². The minimum atomic E-state index is -0.528. The third-order valence-electron chi connectivity index (χ3n) is 4.44. The molecule has 0 aliphatic heterocycles. The maximum atomic E-state index is 13.1. The molecular formula is C22H18N2O5S. The van der Waals surface area contributed by atoms with Gasteiger partial charge in [-0.15, -0.1) is 11.3 Å². The Labute approximate surface area is 176 Å². The number of rotatable bonds is 6. The van der Waals surface area contributed by atoms with Crippen molar-refractivity contribution >= 4 is 45.5 Å². The Morgan fingerprint density at radius 3 is 2.50 bits per heavy atom. The molecule has 0 radical (unpaired) electrons. The number of ether oxygens (including phenoxy) is 2. The number of carbonyl (C=O) groups excluding carboxylic acids is 2. The normalized spacial score (nSPS) is 10.6. The lowest BCUT2D eigenvalue weighted by Gasteiger charge is -2.11. The Morgan fingerprint density at radius 2 is 1.77 bits per heavy atom. The molecular weight excluding hydrogens is 404 g/mol. The second kappa shape index (κ2) is 8.30. The number of hydrogen-bond donors (Lipinski definition) is 2. The van der Waals surface area contributed by atoms with Crippen LogP contribution in [0.15, 0.2) is 64.4 Å². The monoisotopic (exact) mass is 422 g/mol. The number of carbonyl (C=O) groups is 2. The molecule has 152 valence electrons. The van der Waals surface area contributed by atoms with Gasteiger partial charge in [-0.25, -0.2) is 0 Å². The highest BCUT2D eigenvalue weighted by molar-refractivity contribution is 7.12. The van der Waals surface area contributed by atoms with E-state index in [4.69, 9.17) is 13.9 Å². The zero-order valence-electron chi connectivity index (χ0n) is 16.2. The third-order valence-corrected chi connectivity index (χ3v) is 5.31. The lowest BCUT2D eigenvalue weighted by Crippen LogP contribution is -2.17. The van der Waals surface area contributed by atoms with E-state index in [1.54, 1.807) is 48.5 Å². The van der Waals surface area contributed by atoms with Gasteiger partial charge in [-0.2, -0.15) is 0 Å². The summed E-state index contributed by atoms with van der Waals surface area (Å²) < 4.78 is 16.3. The number of anilines is 2. The van der Waals surface area contributed by atoms with E-state index in [2.05, 4.69) is 10.6 Å². The first-order chi connectivity index (χ1) is 14.6. The summed E-state index contributed by atoms with van der Waals surface area (Å²) in [7, 11) is 3.04. The second-order valence-corrected chi connectivity index (χ2v) is 7.20. The topological polar surface area (TPSA) is 89.8 Å². The van der Waals surface area contributed by atoms with Gasteiger partial charge in [0.15, 0.2) is 0 Å². The molecule has 30 heavy (non-hydrogen) atoms. The summed E-state index contributed by atoms with van der Waals surface area (Å²) in [4.78, 5) is 26.2. The Kier molecular flexibility index (Phi) is 5.40. The molecule has 0 aliphatic carbocycles. The van der Waals surface area contributed by atoms with Gasteiger partial charge in [0.05, 0.1) is 24.8 Å². The van der Waals surface area contributed by atoms with Crippen molar-refractivity contribution in [3.05, 3.63) is 70.6 Å². The highest BCUT2D eigenvalue weighted by Gasteiger charge is 2.24. The average molecular weight is 422 g/mol. The van der Waals surface area contributed by atoms with Crippen molar-refractivity contribution in [3.8, 4) is 11.5 Å². The fourth-order valence-electron chi connectivity index (χ4n) is 3.00. The summed E-state index contributed by atoms with van der Waals surface area (Å²) in [5.41, 5.74) is 1.21. The molecule has 0 unspecified atom stereocenters. The van der Waals surface area contributed by atoms with Crippen molar-refractivity contribution in [3.63, 3.8) is 0 Å². The maximum absolute atomic E-state index is 13.1. The second-order valence-electron chi connectivity index (χ2n) is 6.25. The SMILES string of the molecule is COc1ccc(OC)c(NC(=O)c2oc3ccccc3c2NC(=O)c2cccs2)c1. The van der Waals surface area contributed by atoms with Crippen molar-refractivity contribution < 1.29 is 23.5 Å². The Bertz CT molecular complexity index is 1210. The lowest BCUT2D eigenvalue weighted by atomic mass is 10.2. The van der Waals surface area contributed by atoms with Gasteiger partial charge < -0.3 is 24.5 Å². The number of methoxy groups -OCH3 is 2. The van der Waals surface area contributed by atoms with E-state index in [1.807, 2.05) is 11.4 Å². The molecule has 2 aromatic carbocycles. The molecule has 7 nitrogen and oxygen atoms in total. The van der Waals surface area contributed by atoms with Crippen molar-refractivity contribution in [2.24, 2.45) is 0 Å². The molecule has 0 fully saturated rings. The molecule has 0 saturated carbocycles. The minimum Gasteiger partial charge on any atom is -0.497 e. The molecule has 8 heteroatoms. The first-order valence-corrected chi connectivity index (χ1v) is 9.88. The van der Waals surface area contributed by atoms with Gasteiger partial charge in [0, 0.05) is 11.5 Å². The van der Waals surface area contributed by atoms with Crippen LogP contribution in [0.2, 0.25) is 0 Å². The van der Waals surface area contributed by atoms with E-state index in [0.29, 0.717) is 38.7 Å². The predicted molar refractivity (Wildman–Crippen MR) is 116 cm³/mol. The Morgan fingerprint density at radius 1 is 0.933 bits per heavy atom. The van der Waals surface area contributed by atoms with Crippen molar-refractivity contribution in [1.82, 2.24) is 0 Å². The molecule has 0 spiro atoms. The number of benzene rings is 2. The first-order valence-electron chi connectivity index (χ1n) is 9.00. The van der Waals surface area contributed by atoms with Gasteiger partial charge in [-0.05, 0) is 35.7 Å². The summed E-state index contributed by atoms with van der Waals surface area (Å²) in [6, 6.07) is 15.7. The van der Waals surface area contributed by atoms with Crippen molar-refractivity contribution in [1.29, 1.82) is 0 Å². The van der Waals surface area contributed by atoms with Crippen LogP contribution in [-0.2, 0) is 0 Å².